The molecule has 5 nitrogen and oxygen atoms in total. The van der Waals surface area contributed by atoms with Crippen molar-refractivity contribution in [2.24, 2.45) is 7.05 Å². The van der Waals surface area contributed by atoms with E-state index in [0.717, 1.165) is 0 Å². The molecule has 1 aromatic carbocycles. The number of hydrogen-bond acceptors (Lipinski definition) is 2. The van der Waals surface area contributed by atoms with Crippen molar-refractivity contribution in [3.63, 3.8) is 0 Å². The van der Waals surface area contributed by atoms with Gasteiger partial charge in [-0.05, 0) is 26.8 Å². The molecular formula is C19H18F3NO4. The van der Waals surface area contributed by atoms with E-state index in [-0.39, 0.29) is 22.2 Å². The van der Waals surface area contributed by atoms with Gasteiger partial charge in [0.25, 0.3) is 0 Å². The van der Waals surface area contributed by atoms with Gasteiger partial charge >= 0.3 is 18.1 Å². The van der Waals surface area contributed by atoms with Crippen LogP contribution in [-0.4, -0.2) is 32.9 Å². The lowest BCUT2D eigenvalue weighted by Crippen LogP contribution is -2.22. The molecular weight excluding hydrogens is 363 g/mol. The van der Waals surface area contributed by atoms with Crippen molar-refractivity contribution in [3.05, 3.63) is 52.2 Å². The second kappa shape index (κ2) is 6.94. The molecule has 0 aliphatic rings. The Bertz CT molecular complexity index is 1010. The number of para-hydroxylation sites is 1. The maximum Gasteiger partial charge on any atom is 0.417 e. The normalized spacial score (nSPS) is 12.7. The number of alkyl halides is 3. The molecule has 0 saturated heterocycles. The summed E-state index contributed by atoms with van der Waals surface area (Å²) in [5.41, 5.74) is -3.33. The molecule has 2 aromatic rings. The first-order chi connectivity index (χ1) is 12.4. The quantitative estimate of drug-likeness (QED) is 0.611. The number of aromatic nitrogens is 1. The number of carboxylic acid groups (broad SMARTS) is 2. The van der Waals surface area contributed by atoms with E-state index < -0.39 is 34.8 Å². The molecule has 0 radical (unpaired) electrons. The van der Waals surface area contributed by atoms with Gasteiger partial charge in [-0.1, -0.05) is 23.8 Å². The average molecular weight is 381 g/mol. The van der Waals surface area contributed by atoms with E-state index in [1.807, 2.05) is 0 Å². The number of nitrogens with zero attached hydrogens (tertiary/aromatic N) is 1. The van der Waals surface area contributed by atoms with Crippen molar-refractivity contribution in [1.82, 2.24) is 4.57 Å². The fourth-order valence-corrected chi connectivity index (χ4v) is 3.15. The molecule has 0 unspecified atom stereocenters. The molecule has 2 rings (SSSR count). The summed E-state index contributed by atoms with van der Waals surface area (Å²) < 4.78 is 43.7. The van der Waals surface area contributed by atoms with E-state index in [0.29, 0.717) is 5.52 Å². The van der Waals surface area contributed by atoms with E-state index in [4.69, 9.17) is 0 Å². The fourth-order valence-electron chi connectivity index (χ4n) is 3.15. The average Bonchev–Trinajstić information content (AvgIpc) is 2.77. The lowest BCUT2D eigenvalue weighted by atomic mass is 9.90. The molecule has 144 valence electrons. The third-order valence-electron chi connectivity index (χ3n) is 4.36. The molecule has 0 amide bonds. The van der Waals surface area contributed by atoms with Crippen LogP contribution in [0, 0.1) is 6.92 Å². The SMILES string of the molecule is CC(C)=C(C(=O)O)/C(C(=O)O)=C(/c1c(C)n(C)c2ccccc12)C(F)(F)F. The largest absolute Gasteiger partial charge is 0.478 e. The van der Waals surface area contributed by atoms with Crippen LogP contribution in [0.3, 0.4) is 0 Å². The third-order valence-corrected chi connectivity index (χ3v) is 4.36. The molecule has 0 aliphatic carbocycles. The zero-order chi connectivity index (χ0) is 20.7. The first-order valence-electron chi connectivity index (χ1n) is 7.89. The Morgan fingerprint density at radius 3 is 1.96 bits per heavy atom. The van der Waals surface area contributed by atoms with Crippen molar-refractivity contribution in [2.75, 3.05) is 0 Å². The second-order valence-corrected chi connectivity index (χ2v) is 6.27. The Labute approximate surface area is 153 Å². The van der Waals surface area contributed by atoms with Gasteiger partial charge in [0.2, 0.25) is 0 Å². The number of hydrogen-bond donors (Lipinski definition) is 2. The second-order valence-electron chi connectivity index (χ2n) is 6.27. The molecule has 0 aliphatic heterocycles. The van der Waals surface area contributed by atoms with Crippen LogP contribution in [-0.2, 0) is 16.6 Å². The molecule has 2 N–H and O–H groups in total. The minimum Gasteiger partial charge on any atom is -0.478 e. The van der Waals surface area contributed by atoms with Crippen molar-refractivity contribution in [3.8, 4) is 0 Å². The van der Waals surface area contributed by atoms with Crippen molar-refractivity contribution in [1.29, 1.82) is 0 Å². The van der Waals surface area contributed by atoms with Crippen LogP contribution in [0.15, 0.2) is 41.0 Å². The Kier molecular flexibility index (Phi) is 5.21. The molecule has 1 heterocycles. The lowest BCUT2D eigenvalue weighted by Gasteiger charge is -2.18. The fraction of sp³-hybridized carbons (Fsp3) is 0.263. The number of aryl methyl sites for hydroxylation is 1. The standard InChI is InChI=1S/C19H18F3NO4/c1-9(2)13(17(24)25)15(18(26)27)16(19(20,21)22)14-10(3)23(4)12-8-6-5-7-11(12)14/h5-8H,1-4H3,(H,24,25)(H,26,27)/b16-15+. The van der Waals surface area contributed by atoms with Crippen molar-refractivity contribution >= 4 is 28.4 Å². The number of aliphatic carboxylic acids is 2. The van der Waals surface area contributed by atoms with E-state index in [1.54, 1.807) is 25.2 Å². The van der Waals surface area contributed by atoms with Gasteiger partial charge in [-0.3, -0.25) is 0 Å². The summed E-state index contributed by atoms with van der Waals surface area (Å²) in [4.78, 5) is 23.4. The predicted octanol–water partition coefficient (Wildman–Crippen LogP) is 4.31. The van der Waals surface area contributed by atoms with Crippen LogP contribution in [0.5, 0.6) is 0 Å². The highest BCUT2D eigenvalue weighted by atomic mass is 19.4. The number of benzene rings is 1. The van der Waals surface area contributed by atoms with Gasteiger partial charge in [-0.25, -0.2) is 9.59 Å². The topological polar surface area (TPSA) is 79.5 Å². The summed E-state index contributed by atoms with van der Waals surface area (Å²) >= 11 is 0. The van der Waals surface area contributed by atoms with Crippen molar-refractivity contribution < 1.29 is 33.0 Å². The van der Waals surface area contributed by atoms with Crippen LogP contribution < -0.4 is 0 Å². The number of rotatable bonds is 4. The monoisotopic (exact) mass is 381 g/mol. The van der Waals surface area contributed by atoms with Crippen LogP contribution in [0.2, 0.25) is 0 Å². The van der Waals surface area contributed by atoms with Crippen molar-refractivity contribution in [2.45, 2.75) is 26.9 Å². The summed E-state index contributed by atoms with van der Waals surface area (Å²) in [5.74, 6) is -3.68. The molecule has 0 bridgehead atoms. The van der Waals surface area contributed by atoms with E-state index in [2.05, 4.69) is 0 Å². The Balaban J connectivity index is 3.16. The Morgan fingerprint density at radius 2 is 1.52 bits per heavy atom. The summed E-state index contributed by atoms with van der Waals surface area (Å²) in [6.45, 7) is 3.95. The van der Waals surface area contributed by atoms with Gasteiger partial charge in [-0.15, -0.1) is 0 Å². The molecule has 0 fully saturated rings. The van der Waals surface area contributed by atoms with Gasteiger partial charge in [0.15, 0.2) is 0 Å². The van der Waals surface area contributed by atoms with Crippen LogP contribution in [0.4, 0.5) is 13.2 Å². The highest BCUT2D eigenvalue weighted by Crippen LogP contribution is 2.44. The maximum absolute atomic E-state index is 14.1. The highest BCUT2D eigenvalue weighted by molar-refractivity contribution is 6.14. The summed E-state index contributed by atoms with van der Waals surface area (Å²) in [7, 11) is 1.56. The number of fused-ring (bicyclic) bond motifs is 1. The summed E-state index contributed by atoms with van der Waals surface area (Å²) in [5, 5.41) is 19.1. The van der Waals surface area contributed by atoms with Gasteiger partial charge in [0.05, 0.1) is 16.7 Å². The first kappa shape index (κ1) is 20.3. The molecule has 0 atom stereocenters. The number of allylic oxidation sites excluding steroid dienone is 2. The number of carboxylic acids is 2. The van der Waals surface area contributed by atoms with Gasteiger partial charge in [-0.2, -0.15) is 13.2 Å². The smallest absolute Gasteiger partial charge is 0.417 e. The van der Waals surface area contributed by atoms with E-state index in [9.17, 15) is 33.0 Å². The third kappa shape index (κ3) is 3.47. The zero-order valence-electron chi connectivity index (χ0n) is 15.1. The molecule has 1 aromatic heterocycles. The van der Waals surface area contributed by atoms with E-state index in [1.165, 1.54) is 31.4 Å². The maximum atomic E-state index is 14.1. The highest BCUT2D eigenvalue weighted by Gasteiger charge is 2.43. The van der Waals surface area contributed by atoms with Crippen LogP contribution >= 0.6 is 0 Å². The van der Waals surface area contributed by atoms with Gasteiger partial charge in [0.1, 0.15) is 0 Å². The van der Waals surface area contributed by atoms with Crippen LogP contribution in [0.1, 0.15) is 25.1 Å². The van der Waals surface area contributed by atoms with Crippen LogP contribution in [0.25, 0.3) is 16.5 Å². The molecule has 0 saturated carbocycles. The minimum absolute atomic E-state index is 0.0421. The molecule has 0 spiro atoms. The number of carbonyl (C=O) groups is 2. The summed E-state index contributed by atoms with van der Waals surface area (Å²) in [6, 6.07) is 6.25. The van der Waals surface area contributed by atoms with Gasteiger partial charge < -0.3 is 14.8 Å². The van der Waals surface area contributed by atoms with Gasteiger partial charge in [0, 0.05) is 29.2 Å². The first-order valence-corrected chi connectivity index (χ1v) is 7.89. The Hall–Kier alpha value is -3.03. The number of halogens is 3. The summed E-state index contributed by atoms with van der Waals surface area (Å²) in [6.07, 6.45) is -5.08. The lowest BCUT2D eigenvalue weighted by molar-refractivity contribution is -0.136. The Morgan fingerprint density at radius 1 is 1.00 bits per heavy atom. The predicted molar refractivity (Wildman–Crippen MR) is 94.3 cm³/mol. The minimum atomic E-state index is -5.08. The molecule has 8 heteroatoms. The molecule has 27 heavy (non-hydrogen) atoms. The zero-order valence-corrected chi connectivity index (χ0v) is 15.1. The van der Waals surface area contributed by atoms with E-state index >= 15 is 0 Å².